The molecule has 0 aromatic carbocycles. The van der Waals surface area contributed by atoms with E-state index in [1.54, 1.807) is 35.4 Å². The van der Waals surface area contributed by atoms with Gasteiger partial charge in [0.25, 0.3) is 0 Å². The molecule has 0 radical (unpaired) electrons. The summed E-state index contributed by atoms with van der Waals surface area (Å²) in [4.78, 5) is 21.0. The van der Waals surface area contributed by atoms with Crippen molar-refractivity contribution in [2.45, 2.75) is 19.4 Å². The molecule has 2 aromatic rings. The predicted octanol–water partition coefficient (Wildman–Crippen LogP) is 1.45. The molecule has 1 saturated heterocycles. The van der Waals surface area contributed by atoms with Crippen LogP contribution in [0.2, 0.25) is 0 Å². The molecule has 0 bridgehead atoms. The van der Waals surface area contributed by atoms with Crippen molar-refractivity contribution in [3.05, 3.63) is 42.4 Å². The predicted molar refractivity (Wildman–Crippen MR) is 89.3 cm³/mol. The zero-order valence-electron chi connectivity index (χ0n) is 13.7. The minimum atomic E-state index is -0.309. The molecule has 7 heteroatoms. The highest BCUT2D eigenvalue weighted by atomic mass is 16.2. The smallest absolute Gasteiger partial charge is 0.247 e. The lowest BCUT2D eigenvalue weighted by atomic mass is 10.2. The fourth-order valence-electron chi connectivity index (χ4n) is 2.97. The van der Waals surface area contributed by atoms with Gasteiger partial charge in [-0.15, -0.1) is 0 Å². The molecular formula is C17H20N6O. The SMILES string of the molecule is CC(C(=O)N1CCCN(c2ncccc2C#N)CC1)n1cccn1. The molecule has 0 spiro atoms. The highest BCUT2D eigenvalue weighted by molar-refractivity contribution is 5.80. The molecule has 1 fully saturated rings. The van der Waals surface area contributed by atoms with E-state index in [2.05, 4.69) is 21.1 Å². The van der Waals surface area contributed by atoms with Gasteiger partial charge in [-0.05, 0) is 31.5 Å². The van der Waals surface area contributed by atoms with Crippen LogP contribution in [0.3, 0.4) is 0 Å². The third-order valence-corrected chi connectivity index (χ3v) is 4.29. The molecule has 0 N–H and O–H groups in total. The van der Waals surface area contributed by atoms with Crippen molar-refractivity contribution in [2.75, 3.05) is 31.1 Å². The summed E-state index contributed by atoms with van der Waals surface area (Å²) in [5.74, 6) is 0.775. The van der Waals surface area contributed by atoms with Gasteiger partial charge in [0.05, 0.1) is 5.56 Å². The Morgan fingerprint density at radius 2 is 2.12 bits per heavy atom. The van der Waals surface area contributed by atoms with Crippen LogP contribution in [0.5, 0.6) is 0 Å². The van der Waals surface area contributed by atoms with Crippen LogP contribution < -0.4 is 4.90 Å². The summed E-state index contributed by atoms with van der Waals surface area (Å²) in [6.07, 6.45) is 6.03. The number of nitriles is 1. The second-order valence-electron chi connectivity index (χ2n) is 5.81. The lowest BCUT2D eigenvalue weighted by Gasteiger charge is -2.25. The molecule has 7 nitrogen and oxygen atoms in total. The Balaban J connectivity index is 1.69. The maximum atomic E-state index is 12.7. The first-order valence-corrected chi connectivity index (χ1v) is 8.08. The number of carbonyl (C=O) groups is 1. The Labute approximate surface area is 141 Å². The maximum Gasteiger partial charge on any atom is 0.247 e. The quantitative estimate of drug-likeness (QED) is 0.854. The summed E-state index contributed by atoms with van der Waals surface area (Å²) in [6, 6.07) is 7.24. The molecular weight excluding hydrogens is 304 g/mol. The van der Waals surface area contributed by atoms with Crippen molar-refractivity contribution >= 4 is 11.7 Å². The summed E-state index contributed by atoms with van der Waals surface area (Å²) in [7, 11) is 0. The Morgan fingerprint density at radius 1 is 1.25 bits per heavy atom. The standard InChI is InChI=1S/C17H20N6O/c1-14(23-10-3-7-20-23)17(24)22-9-4-8-21(11-12-22)16-15(13-18)5-2-6-19-16/h2-3,5-7,10,14H,4,8-9,11-12H2,1H3. The highest BCUT2D eigenvalue weighted by Gasteiger charge is 2.25. The van der Waals surface area contributed by atoms with E-state index in [1.165, 1.54) is 0 Å². The summed E-state index contributed by atoms with van der Waals surface area (Å²) >= 11 is 0. The van der Waals surface area contributed by atoms with Crippen molar-refractivity contribution in [2.24, 2.45) is 0 Å². The first kappa shape index (κ1) is 16.0. The molecule has 3 rings (SSSR count). The first-order valence-electron chi connectivity index (χ1n) is 8.08. The molecule has 124 valence electrons. The number of amides is 1. The van der Waals surface area contributed by atoms with Crippen molar-refractivity contribution < 1.29 is 4.79 Å². The highest BCUT2D eigenvalue weighted by Crippen LogP contribution is 2.19. The zero-order chi connectivity index (χ0) is 16.9. The second-order valence-corrected chi connectivity index (χ2v) is 5.81. The molecule has 3 heterocycles. The van der Waals surface area contributed by atoms with Crippen LogP contribution in [-0.2, 0) is 4.79 Å². The van der Waals surface area contributed by atoms with Crippen LogP contribution in [0.15, 0.2) is 36.8 Å². The van der Waals surface area contributed by atoms with Gasteiger partial charge in [0.15, 0.2) is 0 Å². The third kappa shape index (κ3) is 3.23. The minimum absolute atomic E-state index is 0.0714. The van der Waals surface area contributed by atoms with E-state index in [-0.39, 0.29) is 11.9 Å². The number of carbonyl (C=O) groups excluding carboxylic acids is 1. The minimum Gasteiger partial charge on any atom is -0.354 e. The largest absolute Gasteiger partial charge is 0.354 e. The van der Waals surface area contributed by atoms with Crippen LogP contribution >= 0.6 is 0 Å². The molecule has 1 atom stereocenters. The zero-order valence-corrected chi connectivity index (χ0v) is 13.7. The lowest BCUT2D eigenvalue weighted by Crippen LogP contribution is -2.39. The van der Waals surface area contributed by atoms with Crippen molar-refractivity contribution in [1.29, 1.82) is 5.26 Å². The van der Waals surface area contributed by atoms with E-state index in [4.69, 9.17) is 0 Å². The molecule has 2 aromatic heterocycles. The summed E-state index contributed by atoms with van der Waals surface area (Å²) in [5, 5.41) is 13.4. The van der Waals surface area contributed by atoms with Gasteiger partial charge in [-0.3, -0.25) is 9.48 Å². The first-order chi connectivity index (χ1) is 11.7. The molecule has 0 saturated carbocycles. The summed E-state index contributed by atoms with van der Waals surface area (Å²) in [5.41, 5.74) is 0.571. The van der Waals surface area contributed by atoms with E-state index in [9.17, 15) is 10.1 Å². The summed E-state index contributed by atoms with van der Waals surface area (Å²) < 4.78 is 1.68. The lowest BCUT2D eigenvalue weighted by molar-refractivity contribution is -0.134. The number of nitrogens with zero attached hydrogens (tertiary/aromatic N) is 6. The van der Waals surface area contributed by atoms with Gasteiger partial charge >= 0.3 is 0 Å². The molecule has 0 aliphatic carbocycles. The van der Waals surface area contributed by atoms with E-state index in [0.29, 0.717) is 31.0 Å². The number of aromatic nitrogens is 3. The normalized spacial score (nSPS) is 16.3. The number of hydrogen-bond acceptors (Lipinski definition) is 5. The van der Waals surface area contributed by atoms with Gasteiger partial charge in [-0.25, -0.2) is 4.98 Å². The molecule has 1 aliphatic heterocycles. The Hall–Kier alpha value is -2.88. The molecule has 24 heavy (non-hydrogen) atoms. The van der Waals surface area contributed by atoms with Crippen LogP contribution in [0, 0.1) is 11.3 Å². The fraction of sp³-hybridized carbons (Fsp3) is 0.412. The number of rotatable bonds is 3. The molecule has 1 aliphatic rings. The third-order valence-electron chi connectivity index (χ3n) is 4.29. The summed E-state index contributed by atoms with van der Waals surface area (Å²) in [6.45, 7) is 4.64. The number of hydrogen-bond donors (Lipinski definition) is 0. The Morgan fingerprint density at radius 3 is 2.88 bits per heavy atom. The topological polar surface area (TPSA) is 78.0 Å². The van der Waals surface area contributed by atoms with Crippen molar-refractivity contribution in [1.82, 2.24) is 19.7 Å². The van der Waals surface area contributed by atoms with Crippen molar-refractivity contribution in [3.8, 4) is 6.07 Å². The average molecular weight is 324 g/mol. The Bertz CT molecular complexity index is 736. The van der Waals surface area contributed by atoms with Gasteiger partial charge in [0.2, 0.25) is 5.91 Å². The van der Waals surface area contributed by atoms with Crippen LogP contribution in [0.4, 0.5) is 5.82 Å². The second kappa shape index (κ2) is 7.13. The van der Waals surface area contributed by atoms with E-state index < -0.39 is 0 Å². The Kier molecular flexibility index (Phi) is 4.75. The van der Waals surface area contributed by atoms with Gasteiger partial charge in [0.1, 0.15) is 17.9 Å². The number of pyridine rings is 1. The van der Waals surface area contributed by atoms with Crippen LogP contribution in [0.25, 0.3) is 0 Å². The van der Waals surface area contributed by atoms with Gasteiger partial charge in [0, 0.05) is 44.8 Å². The van der Waals surface area contributed by atoms with Gasteiger partial charge < -0.3 is 9.80 Å². The van der Waals surface area contributed by atoms with Crippen LogP contribution in [0.1, 0.15) is 24.9 Å². The maximum absolute atomic E-state index is 12.7. The van der Waals surface area contributed by atoms with Crippen molar-refractivity contribution in [3.63, 3.8) is 0 Å². The van der Waals surface area contributed by atoms with Gasteiger partial charge in [-0.2, -0.15) is 10.4 Å². The van der Waals surface area contributed by atoms with Crippen LogP contribution in [-0.4, -0.2) is 51.8 Å². The monoisotopic (exact) mass is 324 g/mol. The van der Waals surface area contributed by atoms with Gasteiger partial charge in [-0.1, -0.05) is 0 Å². The molecule has 1 amide bonds. The average Bonchev–Trinajstić information content (AvgIpc) is 3.05. The van der Waals surface area contributed by atoms with E-state index >= 15 is 0 Å². The molecule has 1 unspecified atom stereocenters. The number of anilines is 1. The van der Waals surface area contributed by atoms with E-state index in [0.717, 1.165) is 13.0 Å². The van der Waals surface area contributed by atoms with E-state index in [1.807, 2.05) is 17.9 Å². The fourth-order valence-corrected chi connectivity index (χ4v) is 2.97.